The molecule has 1 aromatic carbocycles. The van der Waals surface area contributed by atoms with Crippen molar-refractivity contribution in [2.24, 2.45) is 11.8 Å². The number of carbonyl (C=O) groups excluding carboxylic acids is 3. The lowest BCUT2D eigenvalue weighted by atomic mass is 9.74. The Bertz CT molecular complexity index is 663. The Labute approximate surface area is 152 Å². The SMILES string of the molecule is CCOC(=O)N[C@H](c1ccccc1F)[C@H]1CCC[C@@H](C(=O)OCC)C1=O. The topological polar surface area (TPSA) is 81.7 Å². The van der Waals surface area contributed by atoms with Crippen molar-refractivity contribution in [2.45, 2.75) is 39.2 Å². The van der Waals surface area contributed by atoms with Gasteiger partial charge in [0.15, 0.2) is 5.78 Å². The van der Waals surface area contributed by atoms with Crippen LogP contribution in [-0.2, 0) is 19.1 Å². The molecule has 1 amide bonds. The molecule has 26 heavy (non-hydrogen) atoms. The van der Waals surface area contributed by atoms with Gasteiger partial charge >= 0.3 is 12.1 Å². The predicted molar refractivity (Wildman–Crippen MR) is 91.8 cm³/mol. The van der Waals surface area contributed by atoms with Gasteiger partial charge in [0.25, 0.3) is 0 Å². The fourth-order valence-electron chi connectivity index (χ4n) is 3.31. The second-order valence-electron chi connectivity index (χ2n) is 6.11. The number of esters is 1. The summed E-state index contributed by atoms with van der Waals surface area (Å²) in [6, 6.07) is 5.05. The van der Waals surface area contributed by atoms with Crippen LogP contribution in [0.2, 0.25) is 0 Å². The Kier molecular flexibility index (Phi) is 7.12. The molecule has 0 bridgehead atoms. The fourth-order valence-corrected chi connectivity index (χ4v) is 3.31. The van der Waals surface area contributed by atoms with Crippen LogP contribution in [0, 0.1) is 17.7 Å². The maximum atomic E-state index is 14.3. The van der Waals surface area contributed by atoms with E-state index in [1.54, 1.807) is 19.9 Å². The number of alkyl carbamates (subject to hydrolysis) is 1. The van der Waals surface area contributed by atoms with Crippen molar-refractivity contribution in [3.8, 4) is 0 Å². The molecule has 3 atom stereocenters. The molecule has 0 saturated heterocycles. The largest absolute Gasteiger partial charge is 0.465 e. The minimum Gasteiger partial charge on any atom is -0.465 e. The maximum absolute atomic E-state index is 14.3. The predicted octanol–water partition coefficient (Wildman–Crippen LogP) is 3.16. The first-order valence-electron chi connectivity index (χ1n) is 8.87. The van der Waals surface area contributed by atoms with Gasteiger partial charge in [-0.15, -0.1) is 0 Å². The zero-order valence-corrected chi connectivity index (χ0v) is 15.0. The second-order valence-corrected chi connectivity index (χ2v) is 6.11. The minimum absolute atomic E-state index is 0.153. The highest BCUT2D eigenvalue weighted by molar-refractivity contribution is 6.01. The molecule has 1 aliphatic carbocycles. The van der Waals surface area contributed by atoms with E-state index in [4.69, 9.17) is 9.47 Å². The first-order chi connectivity index (χ1) is 12.5. The van der Waals surface area contributed by atoms with Crippen molar-refractivity contribution in [2.75, 3.05) is 13.2 Å². The van der Waals surface area contributed by atoms with Crippen molar-refractivity contribution >= 4 is 17.8 Å². The van der Waals surface area contributed by atoms with Crippen molar-refractivity contribution < 1.29 is 28.2 Å². The lowest BCUT2D eigenvalue weighted by molar-refractivity contribution is -0.154. The molecule has 7 heteroatoms. The summed E-state index contributed by atoms with van der Waals surface area (Å²) in [4.78, 5) is 36.9. The fraction of sp³-hybridized carbons (Fsp3) is 0.526. The lowest BCUT2D eigenvalue weighted by Gasteiger charge is -2.33. The summed E-state index contributed by atoms with van der Waals surface area (Å²) in [6.07, 6.45) is 0.722. The van der Waals surface area contributed by atoms with Gasteiger partial charge in [0.05, 0.1) is 19.3 Å². The number of ether oxygens (including phenoxy) is 2. The van der Waals surface area contributed by atoms with Gasteiger partial charge in [0.2, 0.25) is 0 Å². The standard InChI is InChI=1S/C19H24FNO5/c1-3-25-18(23)14-10-7-9-13(17(14)22)16(21-19(24)26-4-2)12-8-5-6-11-15(12)20/h5-6,8,11,13-14,16H,3-4,7,9-10H2,1-2H3,(H,21,24)/t13-,14-,16-/m1/s1. The molecule has 2 rings (SSSR count). The van der Waals surface area contributed by atoms with Crippen LogP contribution in [0.1, 0.15) is 44.7 Å². The number of ketones is 1. The van der Waals surface area contributed by atoms with E-state index >= 15 is 0 Å². The molecular weight excluding hydrogens is 341 g/mol. The van der Waals surface area contributed by atoms with Gasteiger partial charge in [-0.3, -0.25) is 9.59 Å². The lowest BCUT2D eigenvalue weighted by Crippen LogP contribution is -2.43. The first kappa shape index (κ1) is 19.9. The normalized spacial score (nSPS) is 21.0. The average molecular weight is 365 g/mol. The molecule has 0 spiro atoms. The highest BCUT2D eigenvalue weighted by Crippen LogP contribution is 2.36. The Morgan fingerprint density at radius 1 is 1.19 bits per heavy atom. The highest BCUT2D eigenvalue weighted by Gasteiger charge is 2.42. The number of hydrogen-bond acceptors (Lipinski definition) is 5. The molecule has 0 unspecified atom stereocenters. The number of nitrogens with one attached hydrogen (secondary N) is 1. The zero-order valence-electron chi connectivity index (χ0n) is 15.0. The summed E-state index contributed by atoms with van der Waals surface area (Å²) < 4.78 is 24.2. The highest BCUT2D eigenvalue weighted by atomic mass is 19.1. The summed E-state index contributed by atoms with van der Waals surface area (Å²) in [5.74, 6) is -3.03. The van der Waals surface area contributed by atoms with Gasteiger partial charge in [-0.2, -0.15) is 0 Å². The van der Waals surface area contributed by atoms with E-state index in [1.807, 2.05) is 0 Å². The van der Waals surface area contributed by atoms with Gasteiger partial charge in [-0.05, 0) is 32.8 Å². The van der Waals surface area contributed by atoms with Crippen LogP contribution in [0.4, 0.5) is 9.18 Å². The smallest absolute Gasteiger partial charge is 0.407 e. The molecule has 1 fully saturated rings. The van der Waals surface area contributed by atoms with Gasteiger partial charge in [-0.1, -0.05) is 24.6 Å². The van der Waals surface area contributed by atoms with Gasteiger partial charge < -0.3 is 14.8 Å². The summed E-state index contributed by atoms with van der Waals surface area (Å²) in [5, 5.41) is 2.59. The van der Waals surface area contributed by atoms with E-state index in [2.05, 4.69) is 5.32 Å². The van der Waals surface area contributed by atoms with Crippen LogP contribution in [0.5, 0.6) is 0 Å². The van der Waals surface area contributed by atoms with E-state index in [9.17, 15) is 18.8 Å². The summed E-state index contributed by atoms with van der Waals surface area (Å²) in [5.41, 5.74) is 0.198. The molecule has 1 saturated carbocycles. The molecule has 0 heterocycles. The van der Waals surface area contributed by atoms with Crippen LogP contribution in [0.25, 0.3) is 0 Å². The van der Waals surface area contributed by atoms with E-state index in [0.717, 1.165) is 0 Å². The average Bonchev–Trinajstić information content (AvgIpc) is 2.61. The number of amides is 1. The van der Waals surface area contributed by atoms with Crippen molar-refractivity contribution in [3.63, 3.8) is 0 Å². The number of carbonyl (C=O) groups is 3. The third kappa shape index (κ3) is 4.59. The van der Waals surface area contributed by atoms with Crippen molar-refractivity contribution in [1.82, 2.24) is 5.32 Å². The summed E-state index contributed by atoms with van der Waals surface area (Å²) >= 11 is 0. The second kappa shape index (κ2) is 9.31. The zero-order chi connectivity index (χ0) is 19.1. The molecule has 0 aromatic heterocycles. The first-order valence-corrected chi connectivity index (χ1v) is 8.87. The van der Waals surface area contributed by atoms with Crippen LogP contribution in [-0.4, -0.2) is 31.1 Å². The molecule has 0 aliphatic heterocycles. The Balaban J connectivity index is 2.31. The van der Waals surface area contributed by atoms with Crippen LogP contribution in [0.3, 0.4) is 0 Å². The van der Waals surface area contributed by atoms with Crippen LogP contribution < -0.4 is 5.32 Å². The third-order valence-corrected chi connectivity index (χ3v) is 4.48. The van der Waals surface area contributed by atoms with Crippen molar-refractivity contribution in [3.05, 3.63) is 35.6 Å². The number of benzene rings is 1. The van der Waals surface area contributed by atoms with Gasteiger partial charge in [-0.25, -0.2) is 9.18 Å². The molecule has 6 nitrogen and oxygen atoms in total. The molecule has 1 N–H and O–H groups in total. The minimum atomic E-state index is -0.903. The van der Waals surface area contributed by atoms with E-state index < -0.39 is 35.8 Å². The van der Waals surface area contributed by atoms with E-state index in [-0.39, 0.29) is 24.6 Å². The number of halogens is 1. The quantitative estimate of drug-likeness (QED) is 0.619. The maximum Gasteiger partial charge on any atom is 0.407 e. The summed E-state index contributed by atoms with van der Waals surface area (Å²) in [7, 11) is 0. The molecule has 142 valence electrons. The van der Waals surface area contributed by atoms with Gasteiger partial charge in [0.1, 0.15) is 11.7 Å². The molecule has 1 aromatic rings. The Hall–Kier alpha value is -2.44. The number of rotatable bonds is 6. The van der Waals surface area contributed by atoms with Crippen molar-refractivity contribution in [1.29, 1.82) is 0 Å². The summed E-state index contributed by atoms with van der Waals surface area (Å²) in [6.45, 7) is 3.67. The third-order valence-electron chi connectivity index (χ3n) is 4.48. The molecule has 0 radical (unpaired) electrons. The monoisotopic (exact) mass is 365 g/mol. The molecule has 1 aliphatic rings. The Morgan fingerprint density at radius 2 is 1.88 bits per heavy atom. The van der Waals surface area contributed by atoms with Crippen LogP contribution in [0.15, 0.2) is 24.3 Å². The van der Waals surface area contributed by atoms with Gasteiger partial charge in [0, 0.05) is 11.5 Å². The van der Waals surface area contributed by atoms with Crippen LogP contribution >= 0.6 is 0 Å². The number of Topliss-reactive ketones (excluding diaryl/α,β-unsaturated/α-hetero) is 1. The molecular formula is C19H24FNO5. The Morgan fingerprint density at radius 3 is 2.54 bits per heavy atom. The number of hydrogen-bond donors (Lipinski definition) is 1. The van der Waals surface area contributed by atoms with E-state index in [1.165, 1.54) is 18.2 Å². The van der Waals surface area contributed by atoms with E-state index in [0.29, 0.717) is 19.3 Å².